The number of benzene rings is 1. The Balaban J connectivity index is 2.01. The predicted molar refractivity (Wildman–Crippen MR) is 97.8 cm³/mol. The molecule has 0 spiro atoms. The molecule has 2 rings (SSSR count). The van der Waals surface area contributed by atoms with Crippen LogP contribution in [0.2, 0.25) is 0 Å². The topological polar surface area (TPSA) is 56.7 Å². The molecule has 4 nitrogen and oxygen atoms in total. The highest BCUT2D eigenvalue weighted by molar-refractivity contribution is 7.08. The monoisotopic (exact) mass is 349 g/mol. The van der Waals surface area contributed by atoms with Crippen molar-refractivity contribution < 1.29 is 9.50 Å². The summed E-state index contributed by atoms with van der Waals surface area (Å²) in [6.45, 7) is 6.88. The molecule has 24 heavy (non-hydrogen) atoms. The van der Waals surface area contributed by atoms with Crippen molar-refractivity contribution in [3.8, 4) is 0 Å². The van der Waals surface area contributed by atoms with Crippen molar-refractivity contribution in [3.05, 3.63) is 57.5 Å². The van der Waals surface area contributed by atoms with E-state index in [4.69, 9.17) is 0 Å². The van der Waals surface area contributed by atoms with Crippen LogP contribution < -0.4 is 10.6 Å². The molecule has 0 saturated carbocycles. The van der Waals surface area contributed by atoms with Gasteiger partial charge in [-0.25, -0.2) is 9.38 Å². The van der Waals surface area contributed by atoms with Crippen LogP contribution in [0.4, 0.5) is 4.39 Å². The first kappa shape index (κ1) is 18.4. The summed E-state index contributed by atoms with van der Waals surface area (Å²) in [5, 5.41) is 20.7. The number of aliphatic imine (C=N–C) groups is 1. The minimum atomic E-state index is -0.980. The summed E-state index contributed by atoms with van der Waals surface area (Å²) in [5.41, 5.74) is 1.32. The Morgan fingerprint density at radius 3 is 2.75 bits per heavy atom. The molecule has 0 fully saturated rings. The number of nitrogens with zero attached hydrogens (tertiary/aromatic N) is 1. The molecule has 1 unspecified atom stereocenters. The molecule has 1 aromatic carbocycles. The van der Waals surface area contributed by atoms with Crippen molar-refractivity contribution in [3.63, 3.8) is 0 Å². The van der Waals surface area contributed by atoms with Gasteiger partial charge in [-0.15, -0.1) is 0 Å². The average Bonchev–Trinajstić information content (AvgIpc) is 3.09. The van der Waals surface area contributed by atoms with Gasteiger partial charge in [0.1, 0.15) is 11.4 Å². The Bertz CT molecular complexity index is 684. The van der Waals surface area contributed by atoms with Gasteiger partial charge in [0.05, 0.1) is 13.1 Å². The third-order valence-corrected chi connectivity index (χ3v) is 4.43. The quantitative estimate of drug-likeness (QED) is 0.555. The van der Waals surface area contributed by atoms with E-state index in [9.17, 15) is 9.50 Å². The molecule has 1 atom stereocenters. The van der Waals surface area contributed by atoms with E-state index in [1.807, 2.05) is 29.8 Å². The lowest BCUT2D eigenvalue weighted by atomic mass is 9.99. The molecule has 0 aliphatic heterocycles. The Morgan fingerprint density at radius 2 is 2.12 bits per heavy atom. The number of halogens is 1. The second-order valence-corrected chi connectivity index (χ2v) is 6.70. The summed E-state index contributed by atoms with van der Waals surface area (Å²) in [4.78, 5) is 4.46. The molecule has 130 valence electrons. The van der Waals surface area contributed by atoms with Crippen LogP contribution in [0, 0.1) is 12.7 Å². The van der Waals surface area contributed by atoms with Gasteiger partial charge in [-0.3, -0.25) is 0 Å². The second kappa shape index (κ2) is 8.26. The molecular weight excluding hydrogens is 325 g/mol. The minimum Gasteiger partial charge on any atom is -0.384 e. The number of aliphatic hydroxyl groups is 1. The normalized spacial score (nSPS) is 14.3. The number of guanidine groups is 1. The first-order valence-electron chi connectivity index (χ1n) is 7.94. The van der Waals surface area contributed by atoms with Gasteiger partial charge < -0.3 is 15.7 Å². The highest BCUT2D eigenvalue weighted by atomic mass is 32.1. The first-order valence-corrected chi connectivity index (χ1v) is 8.89. The van der Waals surface area contributed by atoms with E-state index in [-0.39, 0.29) is 5.82 Å². The zero-order chi connectivity index (χ0) is 17.6. The van der Waals surface area contributed by atoms with Crippen LogP contribution in [-0.2, 0) is 12.1 Å². The zero-order valence-corrected chi connectivity index (χ0v) is 15.1. The molecule has 0 amide bonds. The lowest BCUT2D eigenvalue weighted by Crippen LogP contribution is -2.44. The van der Waals surface area contributed by atoms with Crippen LogP contribution in [0.25, 0.3) is 0 Å². The summed E-state index contributed by atoms with van der Waals surface area (Å²) >= 11 is 1.55. The minimum absolute atomic E-state index is 0.221. The molecule has 1 heterocycles. The van der Waals surface area contributed by atoms with Gasteiger partial charge in [-0.1, -0.05) is 12.1 Å². The number of rotatable bonds is 6. The number of aryl methyl sites for hydroxylation is 1. The lowest BCUT2D eigenvalue weighted by Gasteiger charge is -2.24. The maximum absolute atomic E-state index is 13.6. The van der Waals surface area contributed by atoms with E-state index in [1.54, 1.807) is 31.3 Å². The molecule has 0 saturated heterocycles. The van der Waals surface area contributed by atoms with Gasteiger partial charge in [-0.2, -0.15) is 11.3 Å². The predicted octanol–water partition coefficient (Wildman–Crippen LogP) is 3.16. The zero-order valence-electron chi connectivity index (χ0n) is 14.3. The van der Waals surface area contributed by atoms with Crippen LogP contribution in [0.1, 0.15) is 30.5 Å². The van der Waals surface area contributed by atoms with Gasteiger partial charge in [0.2, 0.25) is 0 Å². The maximum Gasteiger partial charge on any atom is 0.191 e. The van der Waals surface area contributed by atoms with Gasteiger partial charge >= 0.3 is 0 Å². The summed E-state index contributed by atoms with van der Waals surface area (Å²) in [7, 11) is 0. The smallest absolute Gasteiger partial charge is 0.191 e. The Morgan fingerprint density at radius 1 is 1.33 bits per heavy atom. The van der Waals surface area contributed by atoms with Crippen LogP contribution in [-0.4, -0.2) is 24.2 Å². The van der Waals surface area contributed by atoms with Gasteiger partial charge in [-0.05, 0) is 60.4 Å². The molecule has 1 aromatic heterocycles. The molecule has 3 N–H and O–H groups in total. The molecule has 6 heteroatoms. The summed E-state index contributed by atoms with van der Waals surface area (Å²) in [6, 6.07) is 7.03. The fourth-order valence-corrected chi connectivity index (χ4v) is 2.96. The number of nitrogens with one attached hydrogen (secondary N) is 2. The molecule has 0 aliphatic rings. The van der Waals surface area contributed by atoms with Crippen molar-refractivity contribution in [1.82, 2.24) is 10.6 Å². The molecule has 2 aromatic rings. The fraction of sp³-hybridized carbons (Fsp3) is 0.389. The van der Waals surface area contributed by atoms with Crippen molar-refractivity contribution in [2.24, 2.45) is 4.99 Å². The van der Waals surface area contributed by atoms with E-state index >= 15 is 0 Å². The van der Waals surface area contributed by atoms with E-state index in [0.29, 0.717) is 31.2 Å². The van der Waals surface area contributed by atoms with E-state index in [1.165, 1.54) is 6.07 Å². The first-order chi connectivity index (χ1) is 11.4. The molecule has 0 radical (unpaired) electrons. The maximum atomic E-state index is 13.6. The summed E-state index contributed by atoms with van der Waals surface area (Å²) < 4.78 is 13.6. The van der Waals surface area contributed by atoms with Crippen LogP contribution in [0.15, 0.2) is 40.0 Å². The standard InChI is InChI=1S/C18H24FN3OS/c1-4-20-17(21-10-14-6-5-13(2)16(19)9-14)22-12-18(3,23)15-7-8-24-11-15/h5-9,11,23H,4,10,12H2,1-3H3,(H2,20,21,22). The highest BCUT2D eigenvalue weighted by Crippen LogP contribution is 2.21. The van der Waals surface area contributed by atoms with E-state index < -0.39 is 5.60 Å². The largest absolute Gasteiger partial charge is 0.384 e. The highest BCUT2D eigenvalue weighted by Gasteiger charge is 2.23. The number of hydrogen-bond donors (Lipinski definition) is 3. The summed E-state index contributed by atoms with van der Waals surface area (Å²) in [5.74, 6) is 0.370. The average molecular weight is 349 g/mol. The van der Waals surface area contributed by atoms with E-state index in [2.05, 4.69) is 15.6 Å². The van der Waals surface area contributed by atoms with Crippen LogP contribution >= 0.6 is 11.3 Å². The van der Waals surface area contributed by atoms with Crippen LogP contribution in [0.5, 0.6) is 0 Å². The summed E-state index contributed by atoms with van der Waals surface area (Å²) in [6.07, 6.45) is 0. The van der Waals surface area contributed by atoms with Crippen molar-refractivity contribution in [2.75, 3.05) is 13.1 Å². The second-order valence-electron chi connectivity index (χ2n) is 5.92. The molecule has 0 bridgehead atoms. The van der Waals surface area contributed by atoms with Gasteiger partial charge in [0.25, 0.3) is 0 Å². The van der Waals surface area contributed by atoms with Crippen LogP contribution in [0.3, 0.4) is 0 Å². The SMILES string of the molecule is CCNC(=NCc1ccc(C)c(F)c1)NCC(C)(O)c1ccsc1. The Labute approximate surface area is 146 Å². The third kappa shape index (κ3) is 5.04. The lowest BCUT2D eigenvalue weighted by molar-refractivity contribution is 0.0621. The molecule has 0 aliphatic carbocycles. The Kier molecular flexibility index (Phi) is 6.34. The van der Waals surface area contributed by atoms with E-state index in [0.717, 1.165) is 11.1 Å². The van der Waals surface area contributed by atoms with Gasteiger partial charge in [0, 0.05) is 6.54 Å². The number of hydrogen-bond acceptors (Lipinski definition) is 3. The Hall–Kier alpha value is -1.92. The fourth-order valence-electron chi connectivity index (χ4n) is 2.18. The van der Waals surface area contributed by atoms with Crippen molar-refractivity contribution >= 4 is 17.3 Å². The van der Waals surface area contributed by atoms with Crippen molar-refractivity contribution in [1.29, 1.82) is 0 Å². The molecular formula is C18H24FN3OS. The van der Waals surface area contributed by atoms with Crippen molar-refractivity contribution in [2.45, 2.75) is 32.9 Å². The third-order valence-electron chi connectivity index (χ3n) is 3.74. The number of thiophene rings is 1. The van der Waals surface area contributed by atoms with Gasteiger partial charge in [0.15, 0.2) is 5.96 Å².